The number of benzene rings is 3. The van der Waals surface area contributed by atoms with Crippen LogP contribution in [0.4, 0.5) is 4.79 Å². The van der Waals surface area contributed by atoms with Gasteiger partial charge in [0.25, 0.3) is 0 Å². The number of carboxylic acid groups (broad SMARTS) is 1. The topological polar surface area (TPSA) is 92.2 Å². The summed E-state index contributed by atoms with van der Waals surface area (Å²) in [7, 11) is 0. The molecule has 0 saturated carbocycles. The summed E-state index contributed by atoms with van der Waals surface area (Å²) in [5.74, 6) is 0.0893. The molecule has 1 aliphatic carbocycles. The van der Waals surface area contributed by atoms with Crippen LogP contribution in [0.1, 0.15) is 44.2 Å². The third-order valence-corrected chi connectivity index (χ3v) is 9.20. The number of carbonyl (C=O) groups is 2. The molecule has 0 atom stereocenters. The van der Waals surface area contributed by atoms with Crippen LogP contribution in [0.25, 0.3) is 22.3 Å². The van der Waals surface area contributed by atoms with E-state index in [0.717, 1.165) is 28.7 Å². The van der Waals surface area contributed by atoms with E-state index in [1.54, 1.807) is 24.5 Å². The first-order chi connectivity index (χ1) is 20.4. The van der Waals surface area contributed by atoms with E-state index in [2.05, 4.69) is 63.8 Å². The summed E-state index contributed by atoms with van der Waals surface area (Å²) in [5, 5.41) is 13.0. The highest BCUT2D eigenvalue weighted by atomic mass is 35.5. The van der Waals surface area contributed by atoms with Gasteiger partial charge in [0.2, 0.25) is 0 Å². The van der Waals surface area contributed by atoms with Crippen LogP contribution in [-0.4, -0.2) is 27.5 Å². The van der Waals surface area contributed by atoms with Gasteiger partial charge in [-0.15, -0.1) is 0 Å². The van der Waals surface area contributed by atoms with Crippen molar-refractivity contribution in [3.63, 3.8) is 0 Å². The van der Waals surface area contributed by atoms with E-state index in [4.69, 9.17) is 11.6 Å². The summed E-state index contributed by atoms with van der Waals surface area (Å²) in [5.41, 5.74) is 9.70. The van der Waals surface area contributed by atoms with Crippen molar-refractivity contribution in [1.29, 1.82) is 0 Å². The van der Waals surface area contributed by atoms with Crippen molar-refractivity contribution >= 4 is 35.7 Å². The van der Waals surface area contributed by atoms with Gasteiger partial charge in [-0.1, -0.05) is 78.0 Å². The third-order valence-electron chi connectivity index (χ3n) is 7.51. The summed E-state index contributed by atoms with van der Waals surface area (Å²) in [6.07, 6.45) is 3.66. The molecule has 2 aromatic heterocycles. The van der Waals surface area contributed by atoms with Crippen LogP contribution in [0.2, 0.25) is 5.02 Å². The summed E-state index contributed by atoms with van der Waals surface area (Å²) >= 11 is 8.58. The zero-order valence-electron chi connectivity index (χ0n) is 22.7. The number of hydrogen-bond donors (Lipinski definition) is 2. The number of halogens is 1. The van der Waals surface area contributed by atoms with E-state index in [0.29, 0.717) is 32.5 Å². The van der Waals surface area contributed by atoms with Crippen molar-refractivity contribution < 1.29 is 14.7 Å². The summed E-state index contributed by atoms with van der Waals surface area (Å²) in [6, 6.07) is 26.3. The molecular weight excluding hydrogens is 566 g/mol. The van der Waals surface area contributed by atoms with E-state index < -0.39 is 6.09 Å². The number of nitrogens with one attached hydrogen (secondary N) is 1. The molecule has 1 amide bonds. The number of carbonyl (C=O) groups excluding carboxylic acids is 1. The molecule has 1 aliphatic rings. The lowest BCUT2D eigenvalue weighted by Crippen LogP contribution is -2.21. The molecule has 6 rings (SSSR count). The van der Waals surface area contributed by atoms with Crippen LogP contribution >= 0.6 is 23.4 Å². The van der Waals surface area contributed by atoms with Crippen molar-refractivity contribution in [3.8, 4) is 22.3 Å². The van der Waals surface area contributed by atoms with Crippen LogP contribution in [0.5, 0.6) is 0 Å². The van der Waals surface area contributed by atoms with Crippen molar-refractivity contribution in [2.75, 3.05) is 0 Å². The van der Waals surface area contributed by atoms with Gasteiger partial charge in [-0.2, -0.15) is 0 Å². The SMILES string of the molecule is Cc1cc(-c2c(CC3c4ccccc4-c4ccccc43)cc(CNC(=O)O)c(Sc3ncccc3C=O)c2Cl)ccn1. The highest BCUT2D eigenvalue weighted by Crippen LogP contribution is 2.49. The van der Waals surface area contributed by atoms with E-state index in [-0.39, 0.29) is 12.5 Å². The first-order valence-electron chi connectivity index (χ1n) is 13.4. The Morgan fingerprint density at radius 1 is 0.952 bits per heavy atom. The molecule has 0 unspecified atom stereocenters. The fourth-order valence-electron chi connectivity index (χ4n) is 5.70. The average Bonchev–Trinajstić information content (AvgIpc) is 3.31. The number of aryl methyl sites for hydroxylation is 1. The Balaban J connectivity index is 1.56. The van der Waals surface area contributed by atoms with Crippen LogP contribution in [-0.2, 0) is 13.0 Å². The number of fused-ring (bicyclic) bond motifs is 3. The Hall–Kier alpha value is -4.46. The first-order valence-corrected chi connectivity index (χ1v) is 14.6. The molecule has 0 radical (unpaired) electrons. The van der Waals surface area contributed by atoms with Gasteiger partial charge in [0.15, 0.2) is 6.29 Å². The Morgan fingerprint density at radius 2 is 1.67 bits per heavy atom. The van der Waals surface area contributed by atoms with Crippen LogP contribution in [0.15, 0.2) is 101 Å². The minimum absolute atomic E-state index is 0.0428. The standard InChI is InChI=1S/C34H26ClN3O3S/c1-20-15-21(12-14-36-20)30-23(17-29-27-10-4-2-8-25(27)26-9-3-5-11-28(26)29)16-24(18-38-34(40)41)32(31(30)35)42-33-22(19-39)7-6-13-37-33/h2-16,19,29,38H,17-18H2,1H3,(H,40,41). The molecule has 0 saturated heterocycles. The zero-order valence-corrected chi connectivity index (χ0v) is 24.2. The molecule has 208 valence electrons. The van der Waals surface area contributed by atoms with Gasteiger partial charge in [0.1, 0.15) is 5.03 Å². The van der Waals surface area contributed by atoms with Gasteiger partial charge in [-0.3, -0.25) is 9.78 Å². The second-order valence-corrected chi connectivity index (χ2v) is 11.5. The van der Waals surface area contributed by atoms with Gasteiger partial charge < -0.3 is 10.4 Å². The average molecular weight is 592 g/mol. The molecule has 2 heterocycles. The van der Waals surface area contributed by atoms with Gasteiger partial charge in [0.05, 0.1) is 5.02 Å². The highest BCUT2D eigenvalue weighted by molar-refractivity contribution is 7.99. The molecular formula is C34H26ClN3O3S. The molecule has 8 heteroatoms. The number of aromatic nitrogens is 2. The highest BCUT2D eigenvalue weighted by Gasteiger charge is 2.30. The minimum atomic E-state index is -1.14. The van der Waals surface area contributed by atoms with E-state index in [9.17, 15) is 14.7 Å². The number of rotatable bonds is 8. The van der Waals surface area contributed by atoms with Crippen LogP contribution in [0, 0.1) is 6.92 Å². The number of amides is 1. The zero-order chi connectivity index (χ0) is 29.2. The molecule has 0 bridgehead atoms. The third kappa shape index (κ3) is 5.29. The Labute approximate surface area is 252 Å². The largest absolute Gasteiger partial charge is 0.465 e. The Kier molecular flexibility index (Phi) is 7.78. The van der Waals surface area contributed by atoms with E-state index >= 15 is 0 Å². The predicted octanol–water partition coefficient (Wildman–Crippen LogP) is 8.19. The van der Waals surface area contributed by atoms with Gasteiger partial charge in [0, 0.05) is 46.6 Å². The maximum Gasteiger partial charge on any atom is 0.404 e. The Bertz CT molecular complexity index is 1800. The second kappa shape index (κ2) is 11.8. The number of aldehydes is 1. The molecule has 5 aromatic rings. The molecule has 0 spiro atoms. The summed E-state index contributed by atoms with van der Waals surface area (Å²) in [4.78, 5) is 32.8. The van der Waals surface area contributed by atoms with Crippen LogP contribution in [0.3, 0.4) is 0 Å². The van der Waals surface area contributed by atoms with Crippen molar-refractivity contribution in [3.05, 3.63) is 130 Å². The maximum atomic E-state index is 11.8. The lowest BCUT2D eigenvalue weighted by Gasteiger charge is -2.22. The van der Waals surface area contributed by atoms with Gasteiger partial charge >= 0.3 is 6.09 Å². The van der Waals surface area contributed by atoms with Crippen molar-refractivity contribution in [2.24, 2.45) is 0 Å². The fraction of sp³-hybridized carbons (Fsp3) is 0.118. The van der Waals surface area contributed by atoms with Crippen LogP contribution < -0.4 is 5.32 Å². The molecule has 3 aromatic carbocycles. The van der Waals surface area contributed by atoms with E-state index in [1.807, 2.05) is 25.1 Å². The maximum absolute atomic E-state index is 11.8. The number of pyridine rings is 2. The normalized spacial score (nSPS) is 12.0. The second-order valence-electron chi connectivity index (χ2n) is 10.1. The number of nitrogens with zero attached hydrogens (tertiary/aromatic N) is 2. The molecule has 42 heavy (non-hydrogen) atoms. The molecule has 2 N–H and O–H groups in total. The monoisotopic (exact) mass is 591 g/mol. The minimum Gasteiger partial charge on any atom is -0.465 e. The summed E-state index contributed by atoms with van der Waals surface area (Å²) in [6.45, 7) is 1.98. The molecule has 6 nitrogen and oxygen atoms in total. The fourth-order valence-corrected chi connectivity index (χ4v) is 7.17. The molecule has 0 aliphatic heterocycles. The van der Waals surface area contributed by atoms with Crippen molar-refractivity contribution in [2.45, 2.75) is 35.7 Å². The summed E-state index contributed by atoms with van der Waals surface area (Å²) < 4.78 is 0. The number of hydrogen-bond acceptors (Lipinski definition) is 5. The van der Waals surface area contributed by atoms with E-state index in [1.165, 1.54) is 34.0 Å². The lowest BCUT2D eigenvalue weighted by atomic mass is 9.86. The first kappa shape index (κ1) is 27.7. The quantitative estimate of drug-likeness (QED) is 0.177. The van der Waals surface area contributed by atoms with Crippen molar-refractivity contribution in [1.82, 2.24) is 15.3 Å². The Morgan fingerprint density at radius 3 is 2.33 bits per heavy atom. The predicted molar refractivity (Wildman–Crippen MR) is 165 cm³/mol. The molecule has 0 fully saturated rings. The van der Waals surface area contributed by atoms with Gasteiger partial charge in [-0.05, 0) is 76.6 Å². The smallest absolute Gasteiger partial charge is 0.404 e. The lowest BCUT2D eigenvalue weighted by molar-refractivity contribution is 0.112. The van der Waals surface area contributed by atoms with Gasteiger partial charge in [-0.25, -0.2) is 9.78 Å².